The number of nitrogens with zero attached hydrogens (tertiary/aromatic N) is 3. The second kappa shape index (κ2) is 9.05. The molecule has 0 bridgehead atoms. The molecule has 0 aliphatic carbocycles. The fourth-order valence-electron chi connectivity index (χ4n) is 3.15. The van der Waals surface area contributed by atoms with Crippen LogP contribution in [0.5, 0.6) is 0 Å². The lowest BCUT2D eigenvalue weighted by Crippen LogP contribution is -2.15. The summed E-state index contributed by atoms with van der Waals surface area (Å²) in [7, 11) is 0. The SMILES string of the molecule is CCn1c(C)cc(C(=O)COC(=O)CCc2nc(-c3ccc(Cl)cc3)no2)c1C. The maximum atomic E-state index is 12.4. The number of halogens is 1. The number of benzene rings is 1. The highest BCUT2D eigenvalue weighted by Crippen LogP contribution is 2.19. The number of hydrogen-bond donors (Lipinski definition) is 0. The van der Waals surface area contributed by atoms with Crippen LogP contribution < -0.4 is 0 Å². The minimum absolute atomic E-state index is 0.0452. The molecular formula is C21H22ClN3O4. The van der Waals surface area contributed by atoms with E-state index in [0.717, 1.165) is 23.5 Å². The summed E-state index contributed by atoms with van der Waals surface area (Å²) in [6.45, 7) is 6.35. The van der Waals surface area contributed by atoms with Crippen molar-refractivity contribution in [2.24, 2.45) is 0 Å². The maximum absolute atomic E-state index is 12.4. The molecule has 2 aromatic heterocycles. The van der Waals surface area contributed by atoms with Gasteiger partial charge in [0.2, 0.25) is 17.5 Å². The van der Waals surface area contributed by atoms with Crippen LogP contribution in [0, 0.1) is 13.8 Å². The Labute approximate surface area is 173 Å². The predicted octanol–water partition coefficient (Wildman–Crippen LogP) is 4.19. The van der Waals surface area contributed by atoms with E-state index in [1.807, 2.05) is 31.4 Å². The molecule has 0 amide bonds. The van der Waals surface area contributed by atoms with Crippen molar-refractivity contribution in [1.82, 2.24) is 14.7 Å². The minimum Gasteiger partial charge on any atom is -0.457 e. The molecule has 2 heterocycles. The first-order valence-corrected chi connectivity index (χ1v) is 9.71. The van der Waals surface area contributed by atoms with Crippen LogP contribution in [0.15, 0.2) is 34.9 Å². The number of rotatable bonds is 8. The molecule has 3 aromatic rings. The largest absolute Gasteiger partial charge is 0.457 e. The molecule has 0 aliphatic rings. The van der Waals surface area contributed by atoms with Gasteiger partial charge in [-0.2, -0.15) is 4.98 Å². The second-order valence-corrected chi connectivity index (χ2v) is 7.07. The van der Waals surface area contributed by atoms with Gasteiger partial charge in [0.25, 0.3) is 0 Å². The van der Waals surface area contributed by atoms with Crippen LogP contribution in [0.3, 0.4) is 0 Å². The molecule has 0 atom stereocenters. The number of esters is 1. The summed E-state index contributed by atoms with van der Waals surface area (Å²) in [5.41, 5.74) is 3.24. The predicted molar refractivity (Wildman–Crippen MR) is 108 cm³/mol. The number of ether oxygens (including phenoxy) is 1. The number of ketones is 1. The summed E-state index contributed by atoms with van der Waals surface area (Å²) in [4.78, 5) is 28.6. The summed E-state index contributed by atoms with van der Waals surface area (Å²) in [5, 5.41) is 4.52. The molecule has 0 saturated heterocycles. The van der Waals surface area contributed by atoms with E-state index >= 15 is 0 Å². The highest BCUT2D eigenvalue weighted by atomic mass is 35.5. The van der Waals surface area contributed by atoms with Gasteiger partial charge in [-0.15, -0.1) is 0 Å². The Morgan fingerprint density at radius 1 is 1.21 bits per heavy atom. The van der Waals surface area contributed by atoms with Gasteiger partial charge in [0.05, 0.1) is 6.42 Å². The molecule has 152 valence electrons. The molecule has 0 N–H and O–H groups in total. The summed E-state index contributed by atoms with van der Waals surface area (Å²) >= 11 is 5.86. The molecule has 3 rings (SSSR count). The van der Waals surface area contributed by atoms with E-state index in [0.29, 0.717) is 22.3 Å². The standard InChI is InChI=1S/C21H22ClN3O4/c1-4-25-13(2)11-17(14(25)3)18(26)12-28-20(27)10-9-19-23-21(24-29-19)15-5-7-16(22)8-6-15/h5-8,11H,4,9-10,12H2,1-3H3. The van der Waals surface area contributed by atoms with Crippen LogP contribution in [-0.2, 0) is 22.5 Å². The number of carbonyl (C=O) groups is 2. The average Bonchev–Trinajstić information content (AvgIpc) is 3.29. The normalized spacial score (nSPS) is 10.9. The highest BCUT2D eigenvalue weighted by molar-refractivity contribution is 6.30. The van der Waals surface area contributed by atoms with E-state index in [1.54, 1.807) is 24.3 Å². The van der Waals surface area contributed by atoms with E-state index in [4.69, 9.17) is 20.9 Å². The second-order valence-electron chi connectivity index (χ2n) is 6.63. The highest BCUT2D eigenvalue weighted by Gasteiger charge is 2.17. The number of hydrogen-bond acceptors (Lipinski definition) is 6. The fourth-order valence-corrected chi connectivity index (χ4v) is 3.27. The lowest BCUT2D eigenvalue weighted by Gasteiger charge is -2.06. The molecule has 8 heteroatoms. The van der Waals surface area contributed by atoms with Crippen molar-refractivity contribution >= 4 is 23.4 Å². The Kier molecular flexibility index (Phi) is 6.49. The molecule has 0 fully saturated rings. The van der Waals surface area contributed by atoms with Crippen molar-refractivity contribution in [3.63, 3.8) is 0 Å². The number of aromatic nitrogens is 3. The fraction of sp³-hybridized carbons (Fsp3) is 0.333. The van der Waals surface area contributed by atoms with Crippen molar-refractivity contribution in [2.45, 2.75) is 40.2 Å². The van der Waals surface area contributed by atoms with Crippen LogP contribution in [0.4, 0.5) is 0 Å². The quantitative estimate of drug-likeness (QED) is 0.405. The Morgan fingerprint density at radius 2 is 1.93 bits per heavy atom. The van der Waals surface area contributed by atoms with Crippen LogP contribution in [0.2, 0.25) is 5.02 Å². The van der Waals surface area contributed by atoms with Gasteiger partial charge in [0.1, 0.15) is 0 Å². The third-order valence-corrected chi connectivity index (χ3v) is 4.92. The summed E-state index contributed by atoms with van der Waals surface area (Å²) < 4.78 is 12.3. The van der Waals surface area contributed by atoms with Gasteiger partial charge in [0, 0.05) is 40.5 Å². The molecule has 1 aromatic carbocycles. The van der Waals surface area contributed by atoms with Gasteiger partial charge >= 0.3 is 5.97 Å². The smallest absolute Gasteiger partial charge is 0.306 e. The minimum atomic E-state index is -0.492. The van der Waals surface area contributed by atoms with E-state index in [2.05, 4.69) is 10.1 Å². The third-order valence-electron chi connectivity index (χ3n) is 4.67. The van der Waals surface area contributed by atoms with Gasteiger partial charge in [-0.3, -0.25) is 9.59 Å². The summed E-state index contributed by atoms with van der Waals surface area (Å²) in [6.07, 6.45) is 0.279. The van der Waals surface area contributed by atoms with Gasteiger partial charge in [-0.1, -0.05) is 16.8 Å². The Balaban J connectivity index is 1.50. The Hall–Kier alpha value is -2.93. The number of carbonyl (C=O) groups excluding carboxylic acids is 2. The molecule has 0 saturated carbocycles. The van der Waals surface area contributed by atoms with E-state index < -0.39 is 5.97 Å². The molecule has 0 unspecified atom stereocenters. The molecule has 0 aliphatic heterocycles. The Morgan fingerprint density at radius 3 is 2.59 bits per heavy atom. The summed E-state index contributed by atoms with van der Waals surface area (Å²) in [6, 6.07) is 8.86. The maximum Gasteiger partial charge on any atom is 0.306 e. The monoisotopic (exact) mass is 415 g/mol. The van der Waals surface area contributed by atoms with E-state index in [1.165, 1.54) is 0 Å². The summed E-state index contributed by atoms with van der Waals surface area (Å²) in [5.74, 6) is 0.0408. The van der Waals surface area contributed by atoms with Crippen LogP contribution in [0.25, 0.3) is 11.4 Å². The molecule has 29 heavy (non-hydrogen) atoms. The Bertz CT molecular complexity index is 1020. The lowest BCUT2D eigenvalue weighted by molar-refractivity contribution is -0.142. The van der Waals surface area contributed by atoms with Crippen LogP contribution in [-0.4, -0.2) is 33.1 Å². The lowest BCUT2D eigenvalue weighted by atomic mass is 10.1. The first-order valence-electron chi connectivity index (χ1n) is 9.33. The molecular weight excluding hydrogens is 394 g/mol. The number of Topliss-reactive ketones (excluding diaryl/α,β-unsaturated/α-hetero) is 1. The van der Waals surface area contributed by atoms with Crippen molar-refractivity contribution in [2.75, 3.05) is 6.61 Å². The number of aryl methyl sites for hydroxylation is 2. The zero-order valence-corrected chi connectivity index (χ0v) is 17.3. The molecule has 7 nitrogen and oxygen atoms in total. The van der Waals surface area contributed by atoms with Gasteiger partial charge < -0.3 is 13.8 Å². The van der Waals surface area contributed by atoms with Gasteiger partial charge in [-0.05, 0) is 51.1 Å². The van der Waals surface area contributed by atoms with Crippen molar-refractivity contribution in [1.29, 1.82) is 0 Å². The zero-order valence-electron chi connectivity index (χ0n) is 16.6. The first-order chi connectivity index (χ1) is 13.9. The zero-order chi connectivity index (χ0) is 21.0. The van der Waals surface area contributed by atoms with Crippen molar-refractivity contribution in [3.05, 3.63) is 58.2 Å². The average molecular weight is 416 g/mol. The van der Waals surface area contributed by atoms with E-state index in [-0.39, 0.29) is 25.2 Å². The topological polar surface area (TPSA) is 87.2 Å². The third kappa shape index (κ3) is 4.92. The van der Waals surface area contributed by atoms with Gasteiger partial charge in [0.15, 0.2) is 6.61 Å². The molecule has 0 radical (unpaired) electrons. The van der Waals surface area contributed by atoms with Crippen LogP contribution >= 0.6 is 11.6 Å². The van der Waals surface area contributed by atoms with Crippen molar-refractivity contribution < 1.29 is 18.8 Å². The van der Waals surface area contributed by atoms with Crippen molar-refractivity contribution in [3.8, 4) is 11.4 Å². The van der Waals surface area contributed by atoms with E-state index in [9.17, 15) is 9.59 Å². The van der Waals surface area contributed by atoms with Crippen LogP contribution in [0.1, 0.15) is 41.0 Å². The first kappa shape index (κ1) is 20.8. The molecule has 0 spiro atoms. The van der Waals surface area contributed by atoms with Gasteiger partial charge in [-0.25, -0.2) is 0 Å².